The highest BCUT2D eigenvalue weighted by Gasteiger charge is 2.13. The molecule has 0 unspecified atom stereocenters. The van der Waals surface area contributed by atoms with Gasteiger partial charge in [0.05, 0.1) is 11.0 Å². The average Bonchev–Trinajstić information content (AvgIpc) is 2.94. The predicted molar refractivity (Wildman–Crippen MR) is 90.7 cm³/mol. The van der Waals surface area contributed by atoms with E-state index in [1.54, 1.807) is 6.07 Å². The van der Waals surface area contributed by atoms with E-state index in [4.69, 9.17) is 0 Å². The highest BCUT2D eigenvalue weighted by Crippen LogP contribution is 2.26. The first-order valence-corrected chi connectivity index (χ1v) is 7.56. The number of aromatic nitrogens is 2. The number of hydrogen-bond donors (Lipinski definition) is 0. The molecule has 0 aliphatic rings. The molecule has 0 amide bonds. The molecule has 0 saturated carbocycles. The SMILES string of the molecule is Fc1ccc2c(c1)nc(-c1ccccc1)n2Cc1ccccc1. The zero-order chi connectivity index (χ0) is 15.6. The van der Waals surface area contributed by atoms with E-state index in [1.165, 1.54) is 17.7 Å². The van der Waals surface area contributed by atoms with Crippen molar-refractivity contribution < 1.29 is 4.39 Å². The van der Waals surface area contributed by atoms with Crippen LogP contribution >= 0.6 is 0 Å². The van der Waals surface area contributed by atoms with Crippen LogP contribution < -0.4 is 0 Å². The number of halogens is 1. The van der Waals surface area contributed by atoms with Crippen molar-refractivity contribution in [3.63, 3.8) is 0 Å². The first kappa shape index (κ1) is 13.7. The largest absolute Gasteiger partial charge is 0.319 e. The molecule has 112 valence electrons. The lowest BCUT2D eigenvalue weighted by Crippen LogP contribution is -2.02. The molecule has 3 aromatic carbocycles. The molecule has 0 bridgehead atoms. The van der Waals surface area contributed by atoms with Crippen LogP contribution in [0.25, 0.3) is 22.4 Å². The van der Waals surface area contributed by atoms with Crippen LogP contribution in [0.1, 0.15) is 5.56 Å². The summed E-state index contributed by atoms with van der Waals surface area (Å²) < 4.78 is 15.7. The van der Waals surface area contributed by atoms with Crippen molar-refractivity contribution in [1.82, 2.24) is 9.55 Å². The summed E-state index contributed by atoms with van der Waals surface area (Å²) >= 11 is 0. The smallest absolute Gasteiger partial charge is 0.141 e. The molecule has 1 aromatic heterocycles. The third-order valence-electron chi connectivity index (χ3n) is 3.93. The van der Waals surface area contributed by atoms with E-state index < -0.39 is 0 Å². The molecule has 0 aliphatic carbocycles. The number of nitrogens with zero attached hydrogens (tertiary/aromatic N) is 2. The van der Waals surface area contributed by atoms with Gasteiger partial charge in [-0.3, -0.25) is 0 Å². The number of hydrogen-bond acceptors (Lipinski definition) is 1. The fourth-order valence-corrected chi connectivity index (χ4v) is 2.84. The van der Waals surface area contributed by atoms with Crippen LogP contribution in [0.15, 0.2) is 78.9 Å². The van der Waals surface area contributed by atoms with E-state index in [0.29, 0.717) is 12.1 Å². The van der Waals surface area contributed by atoms with Gasteiger partial charge in [-0.15, -0.1) is 0 Å². The van der Waals surface area contributed by atoms with Crippen LogP contribution in [0.3, 0.4) is 0 Å². The molecule has 4 rings (SSSR count). The second-order valence-corrected chi connectivity index (χ2v) is 5.51. The number of imidazole rings is 1. The molecule has 2 nitrogen and oxygen atoms in total. The minimum atomic E-state index is -0.263. The Kier molecular flexibility index (Phi) is 3.39. The van der Waals surface area contributed by atoms with Crippen molar-refractivity contribution in [1.29, 1.82) is 0 Å². The van der Waals surface area contributed by atoms with E-state index in [9.17, 15) is 4.39 Å². The first-order valence-electron chi connectivity index (χ1n) is 7.56. The quantitative estimate of drug-likeness (QED) is 0.527. The van der Waals surface area contributed by atoms with Gasteiger partial charge < -0.3 is 4.57 Å². The van der Waals surface area contributed by atoms with Crippen LogP contribution in [0.2, 0.25) is 0 Å². The topological polar surface area (TPSA) is 17.8 Å². The van der Waals surface area contributed by atoms with Crippen LogP contribution in [0, 0.1) is 5.82 Å². The second kappa shape index (κ2) is 5.69. The van der Waals surface area contributed by atoms with Crippen LogP contribution in [0.5, 0.6) is 0 Å². The van der Waals surface area contributed by atoms with Gasteiger partial charge in [0.2, 0.25) is 0 Å². The lowest BCUT2D eigenvalue weighted by molar-refractivity contribution is 0.629. The van der Waals surface area contributed by atoms with E-state index in [2.05, 4.69) is 21.7 Å². The average molecular weight is 302 g/mol. The van der Waals surface area contributed by atoms with Gasteiger partial charge in [0.15, 0.2) is 0 Å². The molecule has 0 atom stereocenters. The van der Waals surface area contributed by atoms with E-state index in [0.717, 1.165) is 16.9 Å². The van der Waals surface area contributed by atoms with Gasteiger partial charge in [-0.05, 0) is 17.7 Å². The molecule has 0 spiro atoms. The number of benzene rings is 3. The van der Waals surface area contributed by atoms with Gasteiger partial charge in [-0.25, -0.2) is 9.37 Å². The van der Waals surface area contributed by atoms with Gasteiger partial charge in [0, 0.05) is 18.2 Å². The van der Waals surface area contributed by atoms with Crippen molar-refractivity contribution in [3.05, 3.63) is 90.2 Å². The minimum absolute atomic E-state index is 0.263. The Balaban J connectivity index is 1.92. The number of fused-ring (bicyclic) bond motifs is 1. The Hall–Kier alpha value is -2.94. The second-order valence-electron chi connectivity index (χ2n) is 5.51. The standard InChI is InChI=1S/C20H15FN2/c21-17-11-12-19-18(13-17)22-20(16-9-5-2-6-10-16)23(19)14-15-7-3-1-4-8-15/h1-13H,14H2. The molecular weight excluding hydrogens is 287 g/mol. The van der Waals surface area contributed by atoms with Crippen LogP contribution in [0.4, 0.5) is 4.39 Å². The summed E-state index contributed by atoms with van der Waals surface area (Å²) in [7, 11) is 0. The van der Waals surface area contributed by atoms with E-state index in [-0.39, 0.29) is 5.82 Å². The fourth-order valence-electron chi connectivity index (χ4n) is 2.84. The maximum Gasteiger partial charge on any atom is 0.141 e. The molecule has 4 aromatic rings. The number of rotatable bonds is 3. The maximum atomic E-state index is 13.6. The minimum Gasteiger partial charge on any atom is -0.319 e. The van der Waals surface area contributed by atoms with Crippen molar-refractivity contribution >= 4 is 11.0 Å². The van der Waals surface area contributed by atoms with Crippen molar-refractivity contribution in [2.75, 3.05) is 0 Å². The Morgan fingerprint density at radius 2 is 1.52 bits per heavy atom. The normalized spacial score (nSPS) is 11.0. The van der Waals surface area contributed by atoms with Crippen LogP contribution in [-0.4, -0.2) is 9.55 Å². The lowest BCUT2D eigenvalue weighted by Gasteiger charge is -2.09. The fraction of sp³-hybridized carbons (Fsp3) is 0.0500. The van der Waals surface area contributed by atoms with Crippen molar-refractivity contribution in [2.24, 2.45) is 0 Å². The highest BCUT2D eigenvalue weighted by molar-refractivity contribution is 5.80. The first-order chi connectivity index (χ1) is 11.3. The van der Waals surface area contributed by atoms with Crippen molar-refractivity contribution in [2.45, 2.75) is 6.54 Å². The Bertz CT molecular complexity index is 943. The molecule has 0 fully saturated rings. The summed E-state index contributed by atoms with van der Waals surface area (Å²) in [6.07, 6.45) is 0. The Morgan fingerprint density at radius 1 is 0.826 bits per heavy atom. The van der Waals surface area contributed by atoms with E-state index in [1.807, 2.05) is 48.5 Å². The van der Waals surface area contributed by atoms with Crippen molar-refractivity contribution in [3.8, 4) is 11.4 Å². The highest BCUT2D eigenvalue weighted by atomic mass is 19.1. The maximum absolute atomic E-state index is 13.6. The summed E-state index contributed by atoms with van der Waals surface area (Å²) in [6, 6.07) is 25.0. The monoisotopic (exact) mass is 302 g/mol. The molecule has 0 radical (unpaired) electrons. The van der Waals surface area contributed by atoms with Gasteiger partial charge in [0.1, 0.15) is 11.6 Å². The predicted octanol–water partition coefficient (Wildman–Crippen LogP) is 4.89. The van der Waals surface area contributed by atoms with Gasteiger partial charge in [-0.1, -0.05) is 60.7 Å². The zero-order valence-corrected chi connectivity index (χ0v) is 12.5. The summed E-state index contributed by atoms with van der Waals surface area (Å²) in [5.41, 5.74) is 3.84. The molecule has 0 saturated heterocycles. The lowest BCUT2D eigenvalue weighted by atomic mass is 10.2. The van der Waals surface area contributed by atoms with Gasteiger partial charge in [0.25, 0.3) is 0 Å². The Labute approximate surface area is 133 Å². The third kappa shape index (κ3) is 2.61. The van der Waals surface area contributed by atoms with Gasteiger partial charge in [-0.2, -0.15) is 0 Å². The zero-order valence-electron chi connectivity index (χ0n) is 12.5. The van der Waals surface area contributed by atoms with Gasteiger partial charge >= 0.3 is 0 Å². The molecule has 3 heteroatoms. The molecule has 23 heavy (non-hydrogen) atoms. The summed E-state index contributed by atoms with van der Waals surface area (Å²) in [5.74, 6) is 0.594. The molecule has 0 aliphatic heterocycles. The summed E-state index contributed by atoms with van der Waals surface area (Å²) in [6.45, 7) is 0.702. The summed E-state index contributed by atoms with van der Waals surface area (Å²) in [4.78, 5) is 4.66. The van der Waals surface area contributed by atoms with Crippen LogP contribution in [-0.2, 0) is 6.54 Å². The van der Waals surface area contributed by atoms with E-state index >= 15 is 0 Å². The molecular formula is C20H15FN2. The third-order valence-corrected chi connectivity index (χ3v) is 3.93. The molecule has 1 heterocycles. The Morgan fingerprint density at radius 3 is 2.26 bits per heavy atom. The summed E-state index contributed by atoms with van der Waals surface area (Å²) in [5, 5.41) is 0. The molecule has 0 N–H and O–H groups in total.